The molecule has 158 valence electrons. The Bertz CT molecular complexity index is 1520. The minimum atomic E-state index is -0.159. The maximum atomic E-state index is 6.45. The summed E-state index contributed by atoms with van der Waals surface area (Å²) < 4.78 is 15.0. The predicted octanol–water partition coefficient (Wildman–Crippen LogP) is 9.32. The predicted molar refractivity (Wildman–Crippen MR) is 137 cm³/mol. The molecule has 3 aromatic carbocycles. The van der Waals surface area contributed by atoms with Crippen molar-refractivity contribution >= 4 is 53.8 Å². The van der Waals surface area contributed by atoms with Crippen molar-refractivity contribution in [2.75, 3.05) is 0 Å². The molecule has 2 heterocycles. The molecule has 0 saturated heterocycles. The molecule has 0 N–H and O–H groups in total. The van der Waals surface area contributed by atoms with Crippen molar-refractivity contribution in [3.63, 3.8) is 0 Å². The Morgan fingerprint density at radius 3 is 1.41 bits per heavy atom. The highest BCUT2D eigenvalue weighted by Crippen LogP contribution is 2.59. The van der Waals surface area contributed by atoms with E-state index in [2.05, 4.69) is 96.0 Å². The molecule has 0 fully saturated rings. The highest BCUT2D eigenvalue weighted by molar-refractivity contribution is 9.10. The van der Waals surface area contributed by atoms with Gasteiger partial charge < -0.3 is 8.83 Å². The molecule has 2 nitrogen and oxygen atoms in total. The molecule has 5 aromatic rings. The van der Waals surface area contributed by atoms with Crippen LogP contribution in [0.2, 0.25) is 0 Å². The molecule has 2 aliphatic rings. The topological polar surface area (TPSA) is 26.3 Å². The molecule has 0 amide bonds. The fourth-order valence-corrected chi connectivity index (χ4v) is 6.76. The van der Waals surface area contributed by atoms with Crippen molar-refractivity contribution < 1.29 is 8.83 Å². The Morgan fingerprint density at radius 2 is 1.00 bits per heavy atom. The van der Waals surface area contributed by atoms with E-state index in [0.29, 0.717) is 0 Å². The van der Waals surface area contributed by atoms with Gasteiger partial charge in [-0.1, -0.05) is 59.6 Å². The van der Waals surface area contributed by atoms with Gasteiger partial charge in [-0.25, -0.2) is 0 Å². The highest BCUT2D eigenvalue weighted by Gasteiger charge is 2.46. The average Bonchev–Trinajstić information content (AvgIpc) is 3.41. The van der Waals surface area contributed by atoms with Crippen LogP contribution in [0.5, 0.6) is 0 Å². The van der Waals surface area contributed by atoms with E-state index >= 15 is 0 Å². The molecule has 0 bridgehead atoms. The van der Waals surface area contributed by atoms with Gasteiger partial charge in [0.05, 0.1) is 0 Å². The maximum absolute atomic E-state index is 6.45. The summed E-state index contributed by atoms with van der Waals surface area (Å²) in [6.45, 7) is 9.21. The van der Waals surface area contributed by atoms with Crippen molar-refractivity contribution in [1.29, 1.82) is 0 Å². The lowest BCUT2D eigenvalue weighted by Crippen LogP contribution is -2.17. The van der Waals surface area contributed by atoms with Crippen molar-refractivity contribution in [2.45, 2.75) is 38.5 Å². The number of rotatable bonds is 0. The van der Waals surface area contributed by atoms with Crippen LogP contribution in [-0.2, 0) is 10.8 Å². The summed E-state index contributed by atoms with van der Waals surface area (Å²) in [7, 11) is 0. The standard InChI is InChI=1S/C28H20Br2O2/c1-27(2)19-11-16-20(12-15(19)25-23(27)17-9-13(29)5-7-21(17)31-25)28(3,4)24-18-10-14(30)6-8-22(18)32-26(16)24/h5-12H,1-4H3. The molecule has 0 radical (unpaired) electrons. The van der Waals surface area contributed by atoms with Crippen LogP contribution >= 0.6 is 31.9 Å². The number of hydrogen-bond acceptors (Lipinski definition) is 2. The van der Waals surface area contributed by atoms with Crippen LogP contribution in [0.15, 0.2) is 66.3 Å². The molecule has 0 saturated carbocycles. The van der Waals surface area contributed by atoms with Crippen LogP contribution in [-0.4, -0.2) is 0 Å². The van der Waals surface area contributed by atoms with Gasteiger partial charge >= 0.3 is 0 Å². The van der Waals surface area contributed by atoms with Gasteiger partial charge in [0.2, 0.25) is 0 Å². The van der Waals surface area contributed by atoms with E-state index in [0.717, 1.165) is 31.6 Å². The first-order valence-corrected chi connectivity index (χ1v) is 12.4. The summed E-state index contributed by atoms with van der Waals surface area (Å²) in [5.74, 6) is 2.01. The summed E-state index contributed by atoms with van der Waals surface area (Å²) in [4.78, 5) is 0. The number of furan rings is 2. The van der Waals surface area contributed by atoms with Gasteiger partial charge in [-0.05, 0) is 59.7 Å². The first-order chi connectivity index (χ1) is 15.2. The molecule has 32 heavy (non-hydrogen) atoms. The van der Waals surface area contributed by atoms with Crippen LogP contribution in [0, 0.1) is 0 Å². The van der Waals surface area contributed by atoms with Crippen LogP contribution in [0.1, 0.15) is 49.9 Å². The Hall–Kier alpha value is -2.30. The van der Waals surface area contributed by atoms with Crippen LogP contribution in [0.4, 0.5) is 0 Å². The van der Waals surface area contributed by atoms with Crippen molar-refractivity contribution in [2.24, 2.45) is 0 Å². The lowest BCUT2D eigenvalue weighted by molar-refractivity contribution is 0.617. The first kappa shape index (κ1) is 19.2. The summed E-state index contributed by atoms with van der Waals surface area (Å²) in [5.41, 5.74) is 9.15. The van der Waals surface area contributed by atoms with Gasteiger partial charge in [-0.15, -0.1) is 0 Å². The molecule has 2 aliphatic carbocycles. The second kappa shape index (κ2) is 5.78. The van der Waals surface area contributed by atoms with Crippen molar-refractivity contribution in [1.82, 2.24) is 0 Å². The number of benzene rings is 3. The molecular formula is C28H20Br2O2. The smallest absolute Gasteiger partial charge is 0.139 e. The summed E-state index contributed by atoms with van der Waals surface area (Å²) in [6.07, 6.45) is 0. The molecule has 2 aromatic heterocycles. The second-order valence-corrected chi connectivity index (χ2v) is 11.9. The Kier molecular flexibility index (Phi) is 3.47. The molecule has 0 atom stereocenters. The zero-order valence-corrected chi connectivity index (χ0v) is 21.4. The SMILES string of the molecule is CC1(C)c2cc3c(cc2-c2oc4ccc(Br)cc4c21)C(C)(C)c1c-3oc2ccc(Br)cc12. The Balaban J connectivity index is 1.55. The molecule has 0 unspecified atom stereocenters. The molecular weight excluding hydrogens is 528 g/mol. The van der Waals surface area contributed by atoms with Gasteiger partial charge in [0.25, 0.3) is 0 Å². The van der Waals surface area contributed by atoms with Gasteiger partial charge in [-0.2, -0.15) is 0 Å². The van der Waals surface area contributed by atoms with E-state index in [1.54, 1.807) is 0 Å². The van der Waals surface area contributed by atoms with Gasteiger partial charge in [0, 0.05) is 52.8 Å². The minimum Gasteiger partial charge on any atom is -0.456 e. The normalized spacial score (nSPS) is 16.9. The summed E-state index contributed by atoms with van der Waals surface area (Å²) in [6, 6.07) is 17.3. The van der Waals surface area contributed by atoms with Gasteiger partial charge in [0.15, 0.2) is 0 Å². The molecule has 7 rings (SSSR count). The first-order valence-electron chi connectivity index (χ1n) is 10.8. The highest BCUT2D eigenvalue weighted by atomic mass is 79.9. The quantitative estimate of drug-likeness (QED) is 0.193. The van der Waals surface area contributed by atoms with Crippen LogP contribution in [0.3, 0.4) is 0 Å². The number of fused-ring (bicyclic) bond motifs is 10. The van der Waals surface area contributed by atoms with Crippen LogP contribution < -0.4 is 0 Å². The van der Waals surface area contributed by atoms with E-state index in [9.17, 15) is 0 Å². The fourth-order valence-electron chi connectivity index (χ4n) is 6.04. The second-order valence-electron chi connectivity index (χ2n) is 10.1. The summed E-state index contributed by atoms with van der Waals surface area (Å²) >= 11 is 7.28. The zero-order chi connectivity index (χ0) is 22.2. The van der Waals surface area contributed by atoms with E-state index in [4.69, 9.17) is 8.83 Å². The largest absolute Gasteiger partial charge is 0.456 e. The third kappa shape index (κ3) is 2.16. The van der Waals surface area contributed by atoms with Crippen LogP contribution in [0.25, 0.3) is 44.6 Å². The lowest BCUT2D eigenvalue weighted by atomic mass is 9.78. The van der Waals surface area contributed by atoms with Gasteiger partial charge in [0.1, 0.15) is 22.7 Å². The van der Waals surface area contributed by atoms with Crippen molar-refractivity contribution in [3.8, 4) is 22.6 Å². The average molecular weight is 548 g/mol. The summed E-state index contributed by atoms with van der Waals surface area (Å²) in [5, 5.41) is 2.37. The Morgan fingerprint density at radius 1 is 0.594 bits per heavy atom. The number of hydrogen-bond donors (Lipinski definition) is 0. The zero-order valence-electron chi connectivity index (χ0n) is 18.2. The van der Waals surface area contributed by atoms with E-state index in [1.165, 1.54) is 44.2 Å². The third-order valence-electron chi connectivity index (χ3n) is 7.54. The van der Waals surface area contributed by atoms with E-state index in [-0.39, 0.29) is 10.8 Å². The molecule has 4 heteroatoms. The minimum absolute atomic E-state index is 0.159. The van der Waals surface area contributed by atoms with E-state index < -0.39 is 0 Å². The van der Waals surface area contributed by atoms with Crippen molar-refractivity contribution in [3.05, 3.63) is 79.7 Å². The Labute approximate surface area is 202 Å². The monoisotopic (exact) mass is 546 g/mol. The molecule has 0 aliphatic heterocycles. The third-order valence-corrected chi connectivity index (χ3v) is 8.53. The lowest BCUT2D eigenvalue weighted by Gasteiger charge is -2.24. The number of halogens is 2. The molecule has 0 spiro atoms. The fraction of sp³-hybridized carbons (Fsp3) is 0.214. The maximum Gasteiger partial charge on any atom is 0.139 e. The van der Waals surface area contributed by atoms with E-state index in [1.807, 2.05) is 12.1 Å². The van der Waals surface area contributed by atoms with Gasteiger partial charge in [-0.3, -0.25) is 0 Å².